The molecule has 1 N–H and O–H groups in total. The summed E-state index contributed by atoms with van der Waals surface area (Å²) in [5.41, 5.74) is 2.82. The van der Waals surface area contributed by atoms with Gasteiger partial charge in [0, 0.05) is 11.8 Å². The van der Waals surface area contributed by atoms with E-state index < -0.39 is 0 Å². The minimum absolute atomic E-state index is 0.0614. The number of benzene rings is 1. The lowest BCUT2D eigenvalue weighted by molar-refractivity contribution is 0.0950. The van der Waals surface area contributed by atoms with Crippen LogP contribution in [-0.2, 0) is 13.0 Å². The molecular weight excluding hydrogens is 236 g/mol. The summed E-state index contributed by atoms with van der Waals surface area (Å²) in [5, 5.41) is 2.87. The molecule has 0 radical (unpaired) electrons. The quantitative estimate of drug-likeness (QED) is 0.891. The Bertz CT molecular complexity index is 520. The van der Waals surface area contributed by atoms with Crippen molar-refractivity contribution < 1.29 is 4.79 Å². The SMILES string of the molecule is CCCc1ccc(C(=O)NCc2ccccn2)cc1. The number of nitrogens with zero attached hydrogens (tertiary/aromatic N) is 1. The van der Waals surface area contributed by atoms with Crippen molar-refractivity contribution in [2.45, 2.75) is 26.3 Å². The molecule has 1 aromatic heterocycles. The Hall–Kier alpha value is -2.16. The Kier molecular flexibility index (Phi) is 4.67. The van der Waals surface area contributed by atoms with Crippen molar-refractivity contribution in [3.8, 4) is 0 Å². The Morgan fingerprint density at radius 1 is 1.16 bits per heavy atom. The van der Waals surface area contributed by atoms with Gasteiger partial charge in [0.05, 0.1) is 12.2 Å². The van der Waals surface area contributed by atoms with Gasteiger partial charge in [0.25, 0.3) is 5.91 Å². The third kappa shape index (κ3) is 3.91. The van der Waals surface area contributed by atoms with Crippen LogP contribution in [0.25, 0.3) is 0 Å². The van der Waals surface area contributed by atoms with Gasteiger partial charge >= 0.3 is 0 Å². The van der Waals surface area contributed by atoms with Crippen LogP contribution >= 0.6 is 0 Å². The van der Waals surface area contributed by atoms with Gasteiger partial charge in [-0.15, -0.1) is 0 Å². The number of aryl methyl sites for hydroxylation is 1. The van der Waals surface area contributed by atoms with Crippen LogP contribution in [0.3, 0.4) is 0 Å². The molecule has 0 fully saturated rings. The van der Waals surface area contributed by atoms with Crippen LogP contribution in [0, 0.1) is 0 Å². The van der Waals surface area contributed by atoms with E-state index in [4.69, 9.17) is 0 Å². The third-order valence-electron chi connectivity index (χ3n) is 2.91. The molecule has 0 saturated carbocycles. The zero-order valence-electron chi connectivity index (χ0n) is 11.1. The molecule has 0 aliphatic heterocycles. The molecule has 0 atom stereocenters. The Balaban J connectivity index is 1.92. The number of aromatic nitrogens is 1. The lowest BCUT2D eigenvalue weighted by Crippen LogP contribution is -2.23. The lowest BCUT2D eigenvalue weighted by Gasteiger charge is -2.05. The van der Waals surface area contributed by atoms with Crippen molar-refractivity contribution in [1.82, 2.24) is 10.3 Å². The number of pyridine rings is 1. The summed E-state index contributed by atoms with van der Waals surface area (Å²) in [4.78, 5) is 16.1. The smallest absolute Gasteiger partial charge is 0.251 e. The van der Waals surface area contributed by atoms with Gasteiger partial charge in [-0.1, -0.05) is 31.5 Å². The first kappa shape index (κ1) is 13.3. The lowest BCUT2D eigenvalue weighted by atomic mass is 10.1. The molecule has 3 heteroatoms. The van der Waals surface area contributed by atoms with E-state index in [1.54, 1.807) is 6.20 Å². The fourth-order valence-electron chi connectivity index (χ4n) is 1.89. The predicted octanol–water partition coefficient (Wildman–Crippen LogP) is 2.96. The molecule has 0 aliphatic carbocycles. The fraction of sp³-hybridized carbons (Fsp3) is 0.250. The third-order valence-corrected chi connectivity index (χ3v) is 2.91. The van der Waals surface area contributed by atoms with E-state index in [-0.39, 0.29) is 5.91 Å². The zero-order chi connectivity index (χ0) is 13.5. The van der Waals surface area contributed by atoms with E-state index in [2.05, 4.69) is 17.2 Å². The highest BCUT2D eigenvalue weighted by Gasteiger charge is 2.05. The first-order valence-electron chi connectivity index (χ1n) is 6.56. The molecule has 0 spiro atoms. The molecule has 2 rings (SSSR count). The monoisotopic (exact) mass is 254 g/mol. The summed E-state index contributed by atoms with van der Waals surface area (Å²) in [7, 11) is 0. The maximum Gasteiger partial charge on any atom is 0.251 e. The second-order valence-corrected chi connectivity index (χ2v) is 4.45. The average molecular weight is 254 g/mol. The molecule has 1 heterocycles. The van der Waals surface area contributed by atoms with Crippen molar-refractivity contribution in [3.63, 3.8) is 0 Å². The minimum atomic E-state index is -0.0614. The van der Waals surface area contributed by atoms with E-state index in [1.165, 1.54) is 5.56 Å². The molecule has 0 aliphatic rings. The van der Waals surface area contributed by atoms with Crippen molar-refractivity contribution in [3.05, 3.63) is 65.5 Å². The number of carbonyl (C=O) groups is 1. The number of hydrogen-bond acceptors (Lipinski definition) is 2. The van der Waals surface area contributed by atoms with Crippen LogP contribution in [-0.4, -0.2) is 10.9 Å². The van der Waals surface area contributed by atoms with Gasteiger partial charge in [0.15, 0.2) is 0 Å². The van der Waals surface area contributed by atoms with Crippen molar-refractivity contribution >= 4 is 5.91 Å². The number of hydrogen-bond donors (Lipinski definition) is 1. The topological polar surface area (TPSA) is 42.0 Å². The highest BCUT2D eigenvalue weighted by Crippen LogP contribution is 2.07. The van der Waals surface area contributed by atoms with E-state index in [1.807, 2.05) is 42.5 Å². The van der Waals surface area contributed by atoms with E-state index in [9.17, 15) is 4.79 Å². The molecule has 19 heavy (non-hydrogen) atoms. The second-order valence-electron chi connectivity index (χ2n) is 4.45. The van der Waals surface area contributed by atoms with Crippen LogP contribution in [0.5, 0.6) is 0 Å². The van der Waals surface area contributed by atoms with Gasteiger partial charge in [-0.05, 0) is 36.2 Å². The number of carbonyl (C=O) groups excluding carboxylic acids is 1. The summed E-state index contributed by atoms with van der Waals surface area (Å²) >= 11 is 0. The largest absolute Gasteiger partial charge is 0.346 e. The summed E-state index contributed by atoms with van der Waals surface area (Å²) < 4.78 is 0. The van der Waals surface area contributed by atoms with Crippen LogP contribution in [0.1, 0.15) is 35.0 Å². The standard InChI is InChI=1S/C16H18N2O/c1-2-5-13-7-9-14(10-8-13)16(19)18-12-15-6-3-4-11-17-15/h3-4,6-11H,2,5,12H2,1H3,(H,18,19). The highest BCUT2D eigenvalue weighted by molar-refractivity contribution is 5.94. The van der Waals surface area contributed by atoms with Crippen LogP contribution in [0.2, 0.25) is 0 Å². The first-order chi connectivity index (χ1) is 9.29. The minimum Gasteiger partial charge on any atom is -0.346 e. The Morgan fingerprint density at radius 3 is 2.58 bits per heavy atom. The molecule has 0 unspecified atom stereocenters. The van der Waals surface area contributed by atoms with Gasteiger partial charge in [0.2, 0.25) is 0 Å². The molecule has 1 amide bonds. The van der Waals surface area contributed by atoms with Gasteiger partial charge in [-0.2, -0.15) is 0 Å². The summed E-state index contributed by atoms with van der Waals surface area (Å²) in [6.07, 6.45) is 3.89. The van der Waals surface area contributed by atoms with Crippen molar-refractivity contribution in [1.29, 1.82) is 0 Å². The molecule has 98 valence electrons. The molecule has 2 aromatic rings. The van der Waals surface area contributed by atoms with E-state index in [0.717, 1.165) is 18.5 Å². The Labute approximate surface area is 113 Å². The summed E-state index contributed by atoms with van der Waals surface area (Å²) in [6, 6.07) is 13.4. The zero-order valence-corrected chi connectivity index (χ0v) is 11.1. The maximum atomic E-state index is 11.9. The van der Waals surface area contributed by atoms with Crippen molar-refractivity contribution in [2.24, 2.45) is 0 Å². The van der Waals surface area contributed by atoms with Gasteiger partial charge in [-0.3, -0.25) is 9.78 Å². The normalized spacial score (nSPS) is 10.2. The number of nitrogens with one attached hydrogen (secondary N) is 1. The van der Waals surface area contributed by atoms with Gasteiger partial charge < -0.3 is 5.32 Å². The average Bonchev–Trinajstić information content (AvgIpc) is 2.47. The second kappa shape index (κ2) is 6.69. The number of rotatable bonds is 5. The summed E-state index contributed by atoms with van der Waals surface area (Å²) in [5.74, 6) is -0.0614. The van der Waals surface area contributed by atoms with Crippen LogP contribution in [0.15, 0.2) is 48.7 Å². The van der Waals surface area contributed by atoms with Crippen molar-refractivity contribution in [2.75, 3.05) is 0 Å². The molecule has 0 saturated heterocycles. The van der Waals surface area contributed by atoms with E-state index in [0.29, 0.717) is 12.1 Å². The molecular formula is C16H18N2O. The van der Waals surface area contributed by atoms with Gasteiger partial charge in [-0.25, -0.2) is 0 Å². The molecule has 1 aromatic carbocycles. The predicted molar refractivity (Wildman–Crippen MR) is 75.8 cm³/mol. The van der Waals surface area contributed by atoms with Crippen LogP contribution in [0.4, 0.5) is 0 Å². The van der Waals surface area contributed by atoms with Crippen LogP contribution < -0.4 is 5.32 Å². The van der Waals surface area contributed by atoms with Gasteiger partial charge in [0.1, 0.15) is 0 Å². The number of amides is 1. The highest BCUT2D eigenvalue weighted by atomic mass is 16.1. The summed E-state index contributed by atoms with van der Waals surface area (Å²) in [6.45, 7) is 2.60. The fourth-order valence-corrected chi connectivity index (χ4v) is 1.89. The Morgan fingerprint density at radius 2 is 1.95 bits per heavy atom. The van der Waals surface area contributed by atoms with E-state index >= 15 is 0 Å². The molecule has 0 bridgehead atoms. The first-order valence-corrected chi connectivity index (χ1v) is 6.56. The molecule has 3 nitrogen and oxygen atoms in total. The maximum absolute atomic E-state index is 11.9.